The van der Waals surface area contributed by atoms with Crippen LogP contribution in [0.1, 0.15) is 25.3 Å². The van der Waals surface area contributed by atoms with E-state index in [0.717, 1.165) is 38.0 Å². The molecule has 0 saturated carbocycles. The number of thioether (sulfide) groups is 1. The number of hydrogen-bond acceptors (Lipinski definition) is 4. The second-order valence-electron chi connectivity index (χ2n) is 7.53. The summed E-state index contributed by atoms with van der Waals surface area (Å²) in [5.74, 6) is 0.844. The monoisotopic (exact) mass is 406 g/mol. The number of hydrogen-bond donors (Lipinski definition) is 0. The second kappa shape index (κ2) is 9.27. The molecule has 1 amide bonds. The summed E-state index contributed by atoms with van der Waals surface area (Å²) in [5.41, 5.74) is 2.35. The van der Waals surface area contributed by atoms with E-state index in [1.165, 1.54) is 17.3 Å². The summed E-state index contributed by atoms with van der Waals surface area (Å²) < 4.78 is 1.74. The summed E-state index contributed by atoms with van der Waals surface area (Å²) in [7, 11) is 0. The van der Waals surface area contributed by atoms with Gasteiger partial charge in [0.15, 0.2) is 0 Å². The highest BCUT2D eigenvalue weighted by molar-refractivity contribution is 8.00. The van der Waals surface area contributed by atoms with E-state index < -0.39 is 0 Å². The van der Waals surface area contributed by atoms with Crippen molar-refractivity contribution in [2.24, 2.45) is 5.92 Å². The van der Waals surface area contributed by atoms with Crippen LogP contribution >= 0.6 is 11.8 Å². The molecule has 0 unspecified atom stereocenters. The molecule has 1 fully saturated rings. The number of para-hydroxylation sites is 1. The number of piperidine rings is 1. The highest BCUT2D eigenvalue weighted by Crippen LogP contribution is 2.26. The van der Waals surface area contributed by atoms with Gasteiger partial charge in [-0.1, -0.05) is 60.3 Å². The minimum Gasteiger partial charge on any atom is -0.342 e. The van der Waals surface area contributed by atoms with Crippen molar-refractivity contribution >= 4 is 17.7 Å². The number of nitrogens with zero attached hydrogens (tertiary/aromatic N) is 4. The van der Waals surface area contributed by atoms with E-state index in [1.54, 1.807) is 11.0 Å². The quantitative estimate of drug-likeness (QED) is 0.575. The average molecular weight is 407 g/mol. The molecule has 1 aromatic heterocycles. The number of amides is 1. The van der Waals surface area contributed by atoms with Crippen molar-refractivity contribution in [3.05, 3.63) is 72.6 Å². The summed E-state index contributed by atoms with van der Waals surface area (Å²) in [6.45, 7) is 3.63. The molecular weight excluding hydrogens is 380 g/mol. The van der Waals surface area contributed by atoms with E-state index in [0.29, 0.717) is 11.1 Å². The van der Waals surface area contributed by atoms with Crippen LogP contribution in [-0.4, -0.2) is 43.9 Å². The molecule has 2 heterocycles. The third kappa shape index (κ3) is 5.07. The molecule has 29 heavy (non-hydrogen) atoms. The van der Waals surface area contributed by atoms with Gasteiger partial charge in [-0.3, -0.25) is 4.79 Å². The fourth-order valence-electron chi connectivity index (χ4n) is 3.78. The van der Waals surface area contributed by atoms with Crippen LogP contribution in [0.5, 0.6) is 0 Å². The molecule has 2 aromatic carbocycles. The summed E-state index contributed by atoms with van der Waals surface area (Å²) >= 11 is 1.43. The predicted molar refractivity (Wildman–Crippen MR) is 116 cm³/mol. The van der Waals surface area contributed by atoms with E-state index in [4.69, 9.17) is 0 Å². The second-order valence-corrected chi connectivity index (χ2v) is 8.83. The maximum Gasteiger partial charge on any atom is 0.235 e. The van der Waals surface area contributed by atoms with E-state index >= 15 is 0 Å². The summed E-state index contributed by atoms with van der Waals surface area (Å²) in [4.78, 5) is 19.3. The van der Waals surface area contributed by atoms with Crippen molar-refractivity contribution in [1.29, 1.82) is 0 Å². The van der Waals surface area contributed by atoms with Crippen LogP contribution < -0.4 is 0 Å². The molecule has 0 aliphatic carbocycles. The molecule has 4 rings (SSSR count). The number of aromatic nitrogens is 3. The smallest absolute Gasteiger partial charge is 0.235 e. The van der Waals surface area contributed by atoms with Gasteiger partial charge in [0.1, 0.15) is 6.33 Å². The third-order valence-electron chi connectivity index (χ3n) is 5.41. The van der Waals surface area contributed by atoms with Crippen LogP contribution in [0.15, 0.2) is 72.1 Å². The first-order chi connectivity index (χ1) is 14.2. The molecule has 1 aliphatic rings. The lowest BCUT2D eigenvalue weighted by Crippen LogP contribution is -2.42. The van der Waals surface area contributed by atoms with Gasteiger partial charge in [-0.05, 0) is 49.8 Å². The molecule has 1 atom stereocenters. The molecule has 5 nitrogen and oxygen atoms in total. The molecule has 0 radical (unpaired) electrons. The van der Waals surface area contributed by atoms with Crippen molar-refractivity contribution in [2.75, 3.05) is 13.1 Å². The zero-order valence-electron chi connectivity index (χ0n) is 16.6. The number of likely N-dealkylation sites (tertiary alicyclic amines) is 1. The van der Waals surface area contributed by atoms with Crippen LogP contribution in [0, 0.1) is 5.92 Å². The summed E-state index contributed by atoms with van der Waals surface area (Å²) in [6, 6.07) is 20.5. The maximum atomic E-state index is 12.9. The van der Waals surface area contributed by atoms with Crippen LogP contribution in [0.4, 0.5) is 0 Å². The fraction of sp³-hybridized carbons (Fsp3) is 0.348. The van der Waals surface area contributed by atoms with Gasteiger partial charge in [-0.25, -0.2) is 9.67 Å². The van der Waals surface area contributed by atoms with Gasteiger partial charge in [0.2, 0.25) is 11.1 Å². The predicted octanol–water partition coefficient (Wildman–Crippen LogP) is 4.23. The van der Waals surface area contributed by atoms with Gasteiger partial charge in [-0.15, -0.1) is 5.10 Å². The zero-order chi connectivity index (χ0) is 20.1. The van der Waals surface area contributed by atoms with Gasteiger partial charge in [0.25, 0.3) is 0 Å². The van der Waals surface area contributed by atoms with E-state index in [-0.39, 0.29) is 11.2 Å². The summed E-state index contributed by atoms with van der Waals surface area (Å²) in [6.07, 6.45) is 4.94. The number of rotatable bonds is 6. The first-order valence-electron chi connectivity index (χ1n) is 10.2. The number of carbonyl (C=O) groups is 1. The first kappa shape index (κ1) is 19.7. The van der Waals surface area contributed by atoms with E-state index in [1.807, 2.05) is 42.2 Å². The van der Waals surface area contributed by atoms with Crippen molar-refractivity contribution in [2.45, 2.75) is 36.6 Å². The first-order valence-corrected chi connectivity index (χ1v) is 11.0. The Hall–Kier alpha value is -2.60. The van der Waals surface area contributed by atoms with E-state index in [9.17, 15) is 4.79 Å². The number of benzene rings is 2. The largest absolute Gasteiger partial charge is 0.342 e. The van der Waals surface area contributed by atoms with Crippen LogP contribution in [0.25, 0.3) is 5.69 Å². The Bertz CT molecular complexity index is 920. The Morgan fingerprint density at radius 1 is 1.07 bits per heavy atom. The maximum absolute atomic E-state index is 12.9. The lowest BCUT2D eigenvalue weighted by atomic mass is 9.90. The topological polar surface area (TPSA) is 51.0 Å². The van der Waals surface area contributed by atoms with Crippen molar-refractivity contribution in [3.63, 3.8) is 0 Å². The number of carbonyl (C=O) groups excluding carboxylic acids is 1. The molecule has 1 saturated heterocycles. The lowest BCUT2D eigenvalue weighted by Gasteiger charge is -2.33. The van der Waals surface area contributed by atoms with Gasteiger partial charge >= 0.3 is 0 Å². The van der Waals surface area contributed by atoms with Crippen molar-refractivity contribution in [3.8, 4) is 5.69 Å². The van der Waals surface area contributed by atoms with Crippen LogP contribution in [0.3, 0.4) is 0 Å². The van der Waals surface area contributed by atoms with Gasteiger partial charge in [0.05, 0.1) is 10.9 Å². The highest BCUT2D eigenvalue weighted by atomic mass is 32.2. The normalized spacial score (nSPS) is 16.0. The van der Waals surface area contributed by atoms with Gasteiger partial charge in [0, 0.05) is 13.1 Å². The molecule has 6 heteroatoms. The molecule has 0 N–H and O–H groups in total. The van der Waals surface area contributed by atoms with Gasteiger partial charge < -0.3 is 4.90 Å². The fourth-order valence-corrected chi connectivity index (χ4v) is 4.59. The minimum absolute atomic E-state index is 0.184. The SMILES string of the molecule is C[C@H](Sc1ncn(-c2ccccc2)n1)C(=O)N1CCC(Cc2ccccc2)CC1. The molecule has 0 spiro atoms. The standard InChI is InChI=1S/C23H26N4OS/c1-18(29-23-24-17-27(25-23)21-10-6-3-7-11-21)22(28)26-14-12-20(13-15-26)16-19-8-4-2-5-9-19/h2-11,17-18,20H,12-16H2,1H3/t18-/m0/s1. The molecule has 1 aliphatic heterocycles. The Kier molecular flexibility index (Phi) is 6.30. The third-order valence-corrected chi connectivity index (χ3v) is 6.37. The molecule has 3 aromatic rings. The van der Waals surface area contributed by atoms with Crippen LogP contribution in [-0.2, 0) is 11.2 Å². The minimum atomic E-state index is -0.188. The Labute approximate surface area is 176 Å². The summed E-state index contributed by atoms with van der Waals surface area (Å²) in [5, 5.41) is 4.95. The van der Waals surface area contributed by atoms with Crippen molar-refractivity contribution in [1.82, 2.24) is 19.7 Å². The van der Waals surface area contributed by atoms with Gasteiger partial charge in [-0.2, -0.15) is 0 Å². The zero-order valence-corrected chi connectivity index (χ0v) is 17.5. The van der Waals surface area contributed by atoms with E-state index in [2.05, 4.69) is 40.4 Å². The molecule has 150 valence electrons. The highest BCUT2D eigenvalue weighted by Gasteiger charge is 2.27. The Balaban J connectivity index is 1.28. The molecule has 0 bridgehead atoms. The lowest BCUT2D eigenvalue weighted by molar-refractivity contribution is -0.131. The van der Waals surface area contributed by atoms with Crippen LogP contribution in [0.2, 0.25) is 0 Å². The average Bonchev–Trinajstić information content (AvgIpc) is 3.23. The molecular formula is C23H26N4OS. The Morgan fingerprint density at radius 3 is 2.41 bits per heavy atom. The van der Waals surface area contributed by atoms with Crippen molar-refractivity contribution < 1.29 is 4.79 Å². The Morgan fingerprint density at radius 2 is 1.72 bits per heavy atom.